The van der Waals surface area contributed by atoms with Gasteiger partial charge in [-0.2, -0.15) is 0 Å². The number of nitrogens with zero attached hydrogens (tertiary/aromatic N) is 3. The number of aliphatic hydroxyl groups excluding tert-OH is 1. The number of morpholine rings is 1. The van der Waals surface area contributed by atoms with Gasteiger partial charge in [-0.25, -0.2) is 0 Å². The maximum atomic E-state index is 13.3. The van der Waals surface area contributed by atoms with Crippen LogP contribution in [0.25, 0.3) is 5.76 Å². The van der Waals surface area contributed by atoms with Crippen LogP contribution in [0.4, 0.5) is 0 Å². The number of ether oxygens (including phenoxy) is 2. The standard InChI is InChI=1S/C31H33N3O5/c1-22-5-2-3-6-25(22)21-39-26-9-7-24(8-10-26)29(35)27-28(23-11-13-32-14-12-23)34(31(37)30(27)36)16-4-15-33-17-19-38-20-18-33/h2-3,5-14,28,35H,4,15-21H2,1H3/t28-/m0/s1. The van der Waals surface area contributed by atoms with Gasteiger partial charge in [0.25, 0.3) is 11.7 Å². The normalized spacial score (nSPS) is 19.4. The van der Waals surface area contributed by atoms with E-state index in [9.17, 15) is 14.7 Å². The monoisotopic (exact) mass is 527 g/mol. The van der Waals surface area contributed by atoms with E-state index < -0.39 is 17.7 Å². The third-order valence-electron chi connectivity index (χ3n) is 7.32. The number of carbonyl (C=O) groups excluding carboxylic acids is 2. The molecule has 2 aliphatic heterocycles. The van der Waals surface area contributed by atoms with Crippen molar-refractivity contribution >= 4 is 17.4 Å². The first-order valence-electron chi connectivity index (χ1n) is 13.3. The van der Waals surface area contributed by atoms with Crippen molar-refractivity contribution in [1.82, 2.24) is 14.8 Å². The number of Topliss-reactive ketones (excluding diaryl/α,β-unsaturated/α-hetero) is 1. The molecule has 0 radical (unpaired) electrons. The lowest BCUT2D eigenvalue weighted by Gasteiger charge is -2.29. The van der Waals surface area contributed by atoms with E-state index in [1.54, 1.807) is 53.7 Å². The topological polar surface area (TPSA) is 92.2 Å². The number of carbonyl (C=O) groups is 2. The second-order valence-electron chi connectivity index (χ2n) is 9.82. The molecule has 39 heavy (non-hydrogen) atoms. The van der Waals surface area contributed by atoms with Gasteiger partial charge in [0, 0.05) is 44.1 Å². The van der Waals surface area contributed by atoms with Gasteiger partial charge in [-0.3, -0.25) is 19.5 Å². The number of aliphatic hydroxyl groups is 1. The maximum Gasteiger partial charge on any atom is 0.295 e. The number of amides is 1. The van der Waals surface area contributed by atoms with Gasteiger partial charge in [-0.15, -0.1) is 0 Å². The molecule has 0 bridgehead atoms. The number of aryl methyl sites for hydroxylation is 1. The quantitative estimate of drug-likeness (QED) is 0.254. The molecule has 0 unspecified atom stereocenters. The predicted molar refractivity (Wildman–Crippen MR) is 147 cm³/mol. The minimum Gasteiger partial charge on any atom is -0.507 e. The molecule has 5 rings (SSSR count). The van der Waals surface area contributed by atoms with Gasteiger partial charge in [-0.05, 0) is 66.4 Å². The molecule has 3 heterocycles. The van der Waals surface area contributed by atoms with Crippen LogP contribution in [0.5, 0.6) is 5.75 Å². The smallest absolute Gasteiger partial charge is 0.295 e. The van der Waals surface area contributed by atoms with E-state index >= 15 is 0 Å². The van der Waals surface area contributed by atoms with Crippen LogP contribution in [0, 0.1) is 6.92 Å². The fourth-order valence-corrected chi connectivity index (χ4v) is 5.09. The summed E-state index contributed by atoms with van der Waals surface area (Å²) in [5, 5.41) is 11.3. The molecular formula is C31H33N3O5. The molecule has 3 aromatic rings. The van der Waals surface area contributed by atoms with Crippen molar-refractivity contribution in [3.05, 3.63) is 101 Å². The van der Waals surface area contributed by atoms with Gasteiger partial charge in [0.2, 0.25) is 0 Å². The lowest BCUT2D eigenvalue weighted by atomic mass is 9.96. The molecule has 202 valence electrons. The molecule has 8 heteroatoms. The summed E-state index contributed by atoms with van der Waals surface area (Å²) in [6.07, 6.45) is 3.97. The number of benzene rings is 2. The first-order chi connectivity index (χ1) is 19.0. The van der Waals surface area contributed by atoms with Crippen molar-refractivity contribution in [2.45, 2.75) is 26.0 Å². The number of rotatable bonds is 9. The first kappa shape index (κ1) is 26.6. The summed E-state index contributed by atoms with van der Waals surface area (Å²) in [6, 6.07) is 17.8. The van der Waals surface area contributed by atoms with E-state index in [0.717, 1.165) is 36.3 Å². The highest BCUT2D eigenvalue weighted by atomic mass is 16.5. The number of pyridine rings is 1. The van der Waals surface area contributed by atoms with Crippen molar-refractivity contribution in [3.63, 3.8) is 0 Å². The van der Waals surface area contributed by atoms with Gasteiger partial charge >= 0.3 is 0 Å². The van der Waals surface area contributed by atoms with E-state index in [2.05, 4.69) is 9.88 Å². The van der Waals surface area contributed by atoms with E-state index in [0.29, 0.717) is 44.1 Å². The van der Waals surface area contributed by atoms with E-state index in [-0.39, 0.29) is 11.3 Å². The predicted octanol–water partition coefficient (Wildman–Crippen LogP) is 4.11. The van der Waals surface area contributed by atoms with Crippen LogP contribution in [-0.2, 0) is 20.9 Å². The second-order valence-corrected chi connectivity index (χ2v) is 9.82. The fraction of sp³-hybridized carbons (Fsp3) is 0.323. The summed E-state index contributed by atoms with van der Waals surface area (Å²) in [6.45, 7) is 6.80. The second kappa shape index (κ2) is 12.2. The minimum absolute atomic E-state index is 0.0890. The zero-order chi connectivity index (χ0) is 27.2. The molecule has 8 nitrogen and oxygen atoms in total. The summed E-state index contributed by atoms with van der Waals surface area (Å²) in [5.41, 5.74) is 3.51. The molecule has 1 aromatic heterocycles. The van der Waals surface area contributed by atoms with Crippen molar-refractivity contribution in [3.8, 4) is 5.75 Å². The van der Waals surface area contributed by atoms with Gasteiger partial charge < -0.3 is 19.5 Å². The zero-order valence-electron chi connectivity index (χ0n) is 22.1. The summed E-state index contributed by atoms with van der Waals surface area (Å²) < 4.78 is 11.3. The molecule has 2 aliphatic rings. The van der Waals surface area contributed by atoms with Crippen molar-refractivity contribution in [1.29, 1.82) is 0 Å². The number of hydrogen-bond acceptors (Lipinski definition) is 7. The summed E-state index contributed by atoms with van der Waals surface area (Å²) in [4.78, 5) is 34.4. The van der Waals surface area contributed by atoms with Crippen molar-refractivity contribution in [2.24, 2.45) is 0 Å². The molecule has 2 aromatic carbocycles. The Kier molecular flexibility index (Phi) is 8.34. The average molecular weight is 528 g/mol. The average Bonchev–Trinajstić information content (AvgIpc) is 3.23. The summed E-state index contributed by atoms with van der Waals surface area (Å²) >= 11 is 0. The van der Waals surface area contributed by atoms with Gasteiger partial charge in [0.15, 0.2) is 0 Å². The van der Waals surface area contributed by atoms with E-state index in [1.165, 1.54) is 0 Å². The maximum absolute atomic E-state index is 13.3. The van der Waals surface area contributed by atoms with Gasteiger partial charge in [0.05, 0.1) is 24.8 Å². The lowest BCUT2D eigenvalue weighted by molar-refractivity contribution is -0.140. The SMILES string of the molecule is Cc1ccccc1COc1ccc(C(O)=C2C(=O)C(=O)N(CCCN3CCOCC3)[C@H]2c2ccncc2)cc1. The highest BCUT2D eigenvalue weighted by Crippen LogP contribution is 2.39. The van der Waals surface area contributed by atoms with Crippen molar-refractivity contribution in [2.75, 3.05) is 39.4 Å². The van der Waals surface area contributed by atoms with E-state index in [4.69, 9.17) is 9.47 Å². The Balaban J connectivity index is 1.36. The summed E-state index contributed by atoms with van der Waals surface area (Å²) in [5.74, 6) is -0.834. The van der Waals surface area contributed by atoms with Crippen LogP contribution in [0.2, 0.25) is 0 Å². The molecule has 2 saturated heterocycles. The number of likely N-dealkylation sites (tertiary alicyclic amines) is 1. The minimum atomic E-state index is -0.685. The number of hydrogen-bond donors (Lipinski definition) is 1. The van der Waals surface area contributed by atoms with Crippen LogP contribution in [0.3, 0.4) is 0 Å². The molecule has 2 fully saturated rings. The van der Waals surface area contributed by atoms with Crippen LogP contribution in [0.15, 0.2) is 78.6 Å². The summed E-state index contributed by atoms with van der Waals surface area (Å²) in [7, 11) is 0. The Hall–Kier alpha value is -4.01. The largest absolute Gasteiger partial charge is 0.507 e. The highest BCUT2D eigenvalue weighted by molar-refractivity contribution is 6.46. The third kappa shape index (κ3) is 6.02. The molecule has 0 saturated carbocycles. The molecule has 0 aliphatic carbocycles. The Labute approximate surface area is 228 Å². The Bertz CT molecular complexity index is 1330. The van der Waals surface area contributed by atoms with Gasteiger partial charge in [-0.1, -0.05) is 24.3 Å². The van der Waals surface area contributed by atoms with Crippen molar-refractivity contribution < 1.29 is 24.2 Å². The number of ketones is 1. The Morgan fingerprint density at radius 2 is 1.72 bits per heavy atom. The Morgan fingerprint density at radius 1 is 1.00 bits per heavy atom. The zero-order valence-corrected chi connectivity index (χ0v) is 22.1. The Morgan fingerprint density at radius 3 is 2.44 bits per heavy atom. The van der Waals surface area contributed by atoms with Crippen LogP contribution in [0.1, 0.15) is 34.7 Å². The highest BCUT2D eigenvalue weighted by Gasteiger charge is 2.45. The molecule has 1 atom stereocenters. The lowest BCUT2D eigenvalue weighted by Crippen LogP contribution is -2.38. The molecule has 1 N–H and O–H groups in total. The molecule has 0 spiro atoms. The fourth-order valence-electron chi connectivity index (χ4n) is 5.09. The first-order valence-corrected chi connectivity index (χ1v) is 13.3. The third-order valence-corrected chi connectivity index (χ3v) is 7.32. The number of aromatic nitrogens is 1. The van der Waals surface area contributed by atoms with Crippen LogP contribution < -0.4 is 4.74 Å². The van der Waals surface area contributed by atoms with Gasteiger partial charge in [0.1, 0.15) is 18.1 Å². The molecular weight excluding hydrogens is 494 g/mol. The van der Waals surface area contributed by atoms with Crippen LogP contribution in [-0.4, -0.2) is 71.0 Å². The molecule has 1 amide bonds. The van der Waals surface area contributed by atoms with E-state index in [1.807, 2.05) is 31.2 Å². The van der Waals surface area contributed by atoms with Crippen LogP contribution >= 0.6 is 0 Å².